The Bertz CT molecular complexity index is 657. The van der Waals surface area contributed by atoms with Gasteiger partial charge < -0.3 is 29.6 Å². The summed E-state index contributed by atoms with van der Waals surface area (Å²) in [5, 5.41) is 15.8. The zero-order valence-corrected chi connectivity index (χ0v) is 14.5. The topological polar surface area (TPSA) is 93.0 Å². The van der Waals surface area contributed by atoms with Crippen molar-refractivity contribution in [2.24, 2.45) is 0 Å². The van der Waals surface area contributed by atoms with Gasteiger partial charge in [0.15, 0.2) is 18.1 Å². The van der Waals surface area contributed by atoms with Gasteiger partial charge in [0.25, 0.3) is 5.91 Å². The molecule has 0 radical (unpaired) electrons. The first-order valence-corrected chi connectivity index (χ1v) is 8.12. The molecule has 136 valence electrons. The second-order valence-electron chi connectivity index (χ2n) is 5.39. The highest BCUT2D eigenvalue weighted by Crippen LogP contribution is 2.28. The Labute approximate surface area is 146 Å². The highest BCUT2D eigenvalue weighted by Gasteiger charge is 2.11. The van der Waals surface area contributed by atoms with Crippen molar-refractivity contribution < 1.29 is 23.8 Å². The highest BCUT2D eigenvalue weighted by molar-refractivity contribution is 5.77. The van der Waals surface area contributed by atoms with Crippen LogP contribution in [0.5, 0.6) is 11.5 Å². The molecule has 1 aromatic carbocycles. The van der Waals surface area contributed by atoms with Crippen LogP contribution in [0.3, 0.4) is 0 Å². The van der Waals surface area contributed by atoms with E-state index >= 15 is 0 Å². The number of ether oxygens (including phenoxy) is 2. The van der Waals surface area contributed by atoms with Gasteiger partial charge in [-0.3, -0.25) is 4.79 Å². The zero-order chi connectivity index (χ0) is 18.1. The summed E-state index contributed by atoms with van der Waals surface area (Å²) in [6.45, 7) is 3.27. The number of carbonyl (C=O) groups is 1. The summed E-state index contributed by atoms with van der Waals surface area (Å²) in [5.41, 5.74) is 0.967. The fourth-order valence-corrected chi connectivity index (χ4v) is 2.27. The van der Waals surface area contributed by atoms with Crippen LogP contribution in [-0.4, -0.2) is 37.8 Å². The first kappa shape index (κ1) is 18.8. The van der Waals surface area contributed by atoms with E-state index in [1.165, 1.54) is 6.26 Å². The molecule has 2 rings (SSSR count). The van der Waals surface area contributed by atoms with Gasteiger partial charge in [-0.15, -0.1) is 0 Å². The minimum atomic E-state index is -0.698. The number of amides is 1. The monoisotopic (exact) mass is 348 g/mol. The number of furan rings is 1. The van der Waals surface area contributed by atoms with Gasteiger partial charge in [0, 0.05) is 19.6 Å². The number of rotatable bonds is 10. The third-order valence-corrected chi connectivity index (χ3v) is 3.50. The van der Waals surface area contributed by atoms with Crippen LogP contribution in [0, 0.1) is 0 Å². The Morgan fingerprint density at radius 2 is 2.16 bits per heavy atom. The quantitative estimate of drug-likeness (QED) is 0.604. The fourth-order valence-electron chi connectivity index (χ4n) is 2.27. The van der Waals surface area contributed by atoms with Crippen LogP contribution < -0.4 is 20.1 Å². The highest BCUT2D eigenvalue weighted by atomic mass is 16.5. The Balaban J connectivity index is 1.86. The predicted octanol–water partition coefficient (Wildman–Crippen LogP) is 1.63. The molecule has 1 amide bonds. The normalized spacial score (nSPS) is 11.8. The summed E-state index contributed by atoms with van der Waals surface area (Å²) < 4.78 is 15.9. The summed E-state index contributed by atoms with van der Waals surface area (Å²) >= 11 is 0. The van der Waals surface area contributed by atoms with Crippen LogP contribution in [0.2, 0.25) is 0 Å². The molecule has 0 saturated heterocycles. The van der Waals surface area contributed by atoms with Gasteiger partial charge in [0.2, 0.25) is 0 Å². The number of aliphatic hydroxyl groups excluding tert-OH is 1. The van der Waals surface area contributed by atoms with Crippen LogP contribution >= 0.6 is 0 Å². The predicted molar refractivity (Wildman–Crippen MR) is 92.5 cm³/mol. The van der Waals surface area contributed by atoms with Crippen molar-refractivity contribution in [2.75, 3.05) is 26.8 Å². The summed E-state index contributed by atoms with van der Waals surface area (Å²) in [4.78, 5) is 11.5. The molecule has 0 spiro atoms. The molecule has 0 aliphatic heterocycles. The van der Waals surface area contributed by atoms with Crippen molar-refractivity contribution >= 4 is 5.91 Å². The third-order valence-electron chi connectivity index (χ3n) is 3.50. The Morgan fingerprint density at radius 3 is 2.84 bits per heavy atom. The minimum absolute atomic E-state index is 0.0584. The lowest BCUT2D eigenvalue weighted by atomic mass is 10.2. The van der Waals surface area contributed by atoms with Crippen LogP contribution in [0.15, 0.2) is 41.0 Å². The molecule has 0 fully saturated rings. The van der Waals surface area contributed by atoms with E-state index in [1.54, 1.807) is 25.3 Å². The maximum Gasteiger partial charge on any atom is 0.257 e. The number of carbonyl (C=O) groups excluding carboxylic acids is 1. The molecule has 3 N–H and O–H groups in total. The van der Waals surface area contributed by atoms with Crippen LogP contribution in [0.4, 0.5) is 0 Å². The summed E-state index contributed by atoms with van der Waals surface area (Å²) in [5.74, 6) is 1.41. The fraction of sp³-hybridized carbons (Fsp3) is 0.389. The summed E-state index contributed by atoms with van der Waals surface area (Å²) in [6.07, 6.45) is 0.833. The van der Waals surface area contributed by atoms with Crippen molar-refractivity contribution in [3.63, 3.8) is 0 Å². The molecular weight excluding hydrogens is 324 g/mol. The second kappa shape index (κ2) is 9.71. The van der Waals surface area contributed by atoms with Gasteiger partial charge in [-0.05, 0) is 36.8 Å². The standard InChI is InChI=1S/C18H24N2O5/c1-3-20-18(22)12-25-16-7-6-13(9-17(16)23-2)10-19-11-14(21)15-5-4-8-24-15/h4-9,14,19,21H,3,10-12H2,1-2H3,(H,20,22). The maximum atomic E-state index is 11.5. The molecule has 0 saturated carbocycles. The van der Waals surface area contributed by atoms with Crippen molar-refractivity contribution in [3.05, 3.63) is 47.9 Å². The lowest BCUT2D eigenvalue weighted by Gasteiger charge is -2.13. The summed E-state index contributed by atoms with van der Waals surface area (Å²) in [6, 6.07) is 8.94. The first-order chi connectivity index (χ1) is 12.1. The van der Waals surface area contributed by atoms with Gasteiger partial charge in [0.1, 0.15) is 11.9 Å². The lowest BCUT2D eigenvalue weighted by Crippen LogP contribution is -2.28. The van der Waals surface area contributed by atoms with Gasteiger partial charge in [-0.2, -0.15) is 0 Å². The number of aliphatic hydroxyl groups is 1. The van der Waals surface area contributed by atoms with Crippen molar-refractivity contribution in [1.29, 1.82) is 0 Å². The van der Waals surface area contributed by atoms with E-state index in [4.69, 9.17) is 13.9 Å². The minimum Gasteiger partial charge on any atom is -0.493 e. The smallest absolute Gasteiger partial charge is 0.257 e. The van der Waals surface area contributed by atoms with E-state index in [0.29, 0.717) is 36.9 Å². The second-order valence-corrected chi connectivity index (χ2v) is 5.39. The van der Waals surface area contributed by atoms with E-state index in [0.717, 1.165) is 5.56 Å². The van der Waals surface area contributed by atoms with Crippen LogP contribution in [0.25, 0.3) is 0 Å². The SMILES string of the molecule is CCNC(=O)COc1ccc(CNCC(O)c2ccco2)cc1OC. The average molecular weight is 348 g/mol. The molecule has 25 heavy (non-hydrogen) atoms. The van der Waals surface area contributed by atoms with Gasteiger partial charge in [-0.25, -0.2) is 0 Å². The molecule has 7 heteroatoms. The van der Waals surface area contributed by atoms with Crippen molar-refractivity contribution in [1.82, 2.24) is 10.6 Å². The zero-order valence-electron chi connectivity index (χ0n) is 14.5. The number of likely N-dealkylation sites (N-methyl/N-ethyl adjacent to an activating group) is 1. The van der Waals surface area contributed by atoms with E-state index < -0.39 is 6.10 Å². The number of benzene rings is 1. The lowest BCUT2D eigenvalue weighted by molar-refractivity contribution is -0.123. The molecule has 1 unspecified atom stereocenters. The van der Waals surface area contributed by atoms with Gasteiger partial charge in [-0.1, -0.05) is 6.07 Å². The molecule has 0 aliphatic carbocycles. The Kier molecular flexibility index (Phi) is 7.31. The number of hydrogen-bond acceptors (Lipinski definition) is 6. The number of nitrogens with one attached hydrogen (secondary N) is 2. The van der Waals surface area contributed by atoms with E-state index in [-0.39, 0.29) is 12.5 Å². The Hall–Kier alpha value is -2.51. The van der Waals surface area contributed by atoms with Gasteiger partial charge >= 0.3 is 0 Å². The molecule has 0 aliphatic rings. The number of hydrogen-bond donors (Lipinski definition) is 3. The molecule has 7 nitrogen and oxygen atoms in total. The summed E-state index contributed by atoms with van der Waals surface area (Å²) in [7, 11) is 1.55. The molecular formula is C18H24N2O5. The maximum absolute atomic E-state index is 11.5. The van der Waals surface area contributed by atoms with Gasteiger partial charge in [0.05, 0.1) is 13.4 Å². The largest absolute Gasteiger partial charge is 0.493 e. The van der Waals surface area contributed by atoms with Crippen molar-refractivity contribution in [3.8, 4) is 11.5 Å². The van der Waals surface area contributed by atoms with E-state index in [2.05, 4.69) is 10.6 Å². The molecule has 1 atom stereocenters. The van der Waals surface area contributed by atoms with Crippen molar-refractivity contribution in [2.45, 2.75) is 19.6 Å². The molecule has 2 aromatic rings. The molecule has 1 aromatic heterocycles. The molecule has 1 heterocycles. The third kappa shape index (κ3) is 5.81. The van der Waals surface area contributed by atoms with Crippen LogP contribution in [0.1, 0.15) is 24.4 Å². The molecule has 0 bridgehead atoms. The average Bonchev–Trinajstić information content (AvgIpc) is 3.15. The number of methoxy groups -OCH3 is 1. The van der Waals surface area contributed by atoms with E-state index in [1.807, 2.05) is 19.1 Å². The van der Waals surface area contributed by atoms with Crippen LogP contribution in [-0.2, 0) is 11.3 Å². The van der Waals surface area contributed by atoms with E-state index in [9.17, 15) is 9.90 Å². The Morgan fingerprint density at radius 1 is 1.32 bits per heavy atom. The first-order valence-electron chi connectivity index (χ1n) is 8.12.